The van der Waals surface area contributed by atoms with E-state index in [0.717, 1.165) is 39.6 Å². The molecule has 0 atom stereocenters. The fourth-order valence-electron chi connectivity index (χ4n) is 4.50. The Morgan fingerprint density at radius 2 is 1.88 bits per heavy atom. The van der Waals surface area contributed by atoms with Gasteiger partial charge in [-0.05, 0) is 48.4 Å². The van der Waals surface area contributed by atoms with Crippen LogP contribution in [0.25, 0.3) is 38.8 Å². The number of fused-ring (bicyclic) bond motifs is 2. The van der Waals surface area contributed by atoms with Crippen LogP contribution in [0.2, 0.25) is 0 Å². The molecule has 0 radical (unpaired) electrons. The molecule has 0 saturated carbocycles. The minimum Gasteiger partial charge on any atom is -0.346 e. The number of para-hydroxylation sites is 1. The maximum absolute atomic E-state index is 13.6. The summed E-state index contributed by atoms with van der Waals surface area (Å²) in [6.07, 6.45) is 10.3. The highest BCUT2D eigenvalue weighted by atomic mass is 16.2. The number of aromatic nitrogens is 4. The van der Waals surface area contributed by atoms with Gasteiger partial charge in [-0.2, -0.15) is 0 Å². The fraction of sp³-hybridized carbons (Fsp3) is 0.111. The molecule has 6 nitrogen and oxygen atoms in total. The third-order valence-electron chi connectivity index (χ3n) is 6.20. The minimum absolute atomic E-state index is 0.0228. The molecule has 0 fully saturated rings. The Bertz CT molecular complexity index is 1520. The van der Waals surface area contributed by atoms with Gasteiger partial charge in [-0.15, -0.1) is 0 Å². The number of nitrogens with zero attached hydrogens (tertiary/aromatic N) is 4. The summed E-state index contributed by atoms with van der Waals surface area (Å²) >= 11 is 0. The van der Waals surface area contributed by atoms with Gasteiger partial charge in [-0.25, -0.2) is 9.97 Å². The molecule has 1 N–H and O–H groups in total. The van der Waals surface area contributed by atoms with Gasteiger partial charge in [-0.3, -0.25) is 9.78 Å². The normalized spacial score (nSPS) is 13.9. The molecule has 0 saturated heterocycles. The van der Waals surface area contributed by atoms with E-state index in [9.17, 15) is 4.79 Å². The lowest BCUT2D eigenvalue weighted by molar-refractivity contribution is 0.0775. The first-order chi connectivity index (χ1) is 16.3. The first kappa shape index (κ1) is 19.4. The van der Waals surface area contributed by atoms with Crippen molar-refractivity contribution < 1.29 is 4.79 Å². The predicted molar refractivity (Wildman–Crippen MR) is 130 cm³/mol. The van der Waals surface area contributed by atoms with Crippen LogP contribution in [0, 0.1) is 0 Å². The van der Waals surface area contributed by atoms with Crippen molar-refractivity contribution in [2.75, 3.05) is 13.1 Å². The number of hydrogen-bond acceptors (Lipinski definition) is 4. The number of amides is 1. The summed E-state index contributed by atoms with van der Waals surface area (Å²) in [7, 11) is 0. The molecule has 6 rings (SSSR count). The molecule has 0 aliphatic carbocycles. The molecule has 1 aromatic carbocycles. The number of rotatable bonds is 3. The van der Waals surface area contributed by atoms with Crippen LogP contribution in [-0.4, -0.2) is 43.8 Å². The highest BCUT2D eigenvalue weighted by molar-refractivity contribution is 6.07. The van der Waals surface area contributed by atoms with Crippen molar-refractivity contribution in [3.63, 3.8) is 0 Å². The average molecular weight is 431 g/mol. The van der Waals surface area contributed by atoms with Crippen LogP contribution in [0.1, 0.15) is 22.3 Å². The maximum Gasteiger partial charge on any atom is 0.254 e. The number of nitrogens with one attached hydrogen (secondary N) is 1. The van der Waals surface area contributed by atoms with Crippen LogP contribution in [0.5, 0.6) is 0 Å². The van der Waals surface area contributed by atoms with E-state index >= 15 is 0 Å². The first-order valence-corrected chi connectivity index (χ1v) is 11.0. The fourth-order valence-corrected chi connectivity index (χ4v) is 4.50. The van der Waals surface area contributed by atoms with Gasteiger partial charge in [-0.1, -0.05) is 24.3 Å². The number of pyridine rings is 3. The Morgan fingerprint density at radius 1 is 1.00 bits per heavy atom. The van der Waals surface area contributed by atoms with Crippen LogP contribution in [-0.2, 0) is 0 Å². The van der Waals surface area contributed by atoms with E-state index in [2.05, 4.69) is 27.1 Å². The molecule has 5 heterocycles. The van der Waals surface area contributed by atoms with Gasteiger partial charge in [0.1, 0.15) is 5.65 Å². The number of carbonyl (C=O) groups excluding carboxylic acids is 1. The summed E-state index contributed by atoms with van der Waals surface area (Å²) in [6, 6.07) is 17.6. The lowest BCUT2D eigenvalue weighted by Gasteiger charge is -2.27. The number of benzene rings is 1. The predicted octanol–water partition coefficient (Wildman–Crippen LogP) is 5.10. The Labute approximate surface area is 190 Å². The second kappa shape index (κ2) is 7.98. The average Bonchev–Trinajstić information content (AvgIpc) is 3.32. The topological polar surface area (TPSA) is 74.8 Å². The van der Waals surface area contributed by atoms with Crippen LogP contribution < -0.4 is 0 Å². The highest BCUT2D eigenvalue weighted by Crippen LogP contribution is 2.30. The van der Waals surface area contributed by atoms with E-state index in [1.165, 1.54) is 11.1 Å². The van der Waals surface area contributed by atoms with Crippen molar-refractivity contribution >= 4 is 33.4 Å². The molecule has 1 aliphatic heterocycles. The van der Waals surface area contributed by atoms with Crippen LogP contribution >= 0.6 is 0 Å². The Hall–Kier alpha value is -4.32. The molecule has 0 unspecified atom stereocenters. The molecule has 0 spiro atoms. The number of hydrogen-bond donors (Lipinski definition) is 1. The van der Waals surface area contributed by atoms with E-state index in [4.69, 9.17) is 4.98 Å². The highest BCUT2D eigenvalue weighted by Gasteiger charge is 2.23. The SMILES string of the molecule is O=C(c1cc(-c2cccnc2)nc2ccccc12)N1CC=C(c2c[nH]c3ncccc23)CC1. The van der Waals surface area contributed by atoms with E-state index in [1.54, 1.807) is 18.6 Å². The molecule has 1 aliphatic rings. The van der Waals surface area contributed by atoms with Crippen molar-refractivity contribution in [1.82, 2.24) is 24.8 Å². The molecule has 0 bridgehead atoms. The van der Waals surface area contributed by atoms with Gasteiger partial charge in [0.05, 0.1) is 16.8 Å². The summed E-state index contributed by atoms with van der Waals surface area (Å²) in [5, 5.41) is 1.98. The number of H-pyrrole nitrogens is 1. The largest absolute Gasteiger partial charge is 0.346 e. The standard InChI is InChI=1S/C27H21N5O/c33-27(32-13-9-18(10-14-32)23-17-30-26-21(23)7-4-12-29-26)22-15-25(19-5-3-11-28-16-19)31-24-8-2-1-6-20(22)24/h1-9,11-12,15-17H,10,13-14H2,(H,29,30). The van der Waals surface area contributed by atoms with Crippen molar-refractivity contribution in [1.29, 1.82) is 0 Å². The molecule has 5 aromatic rings. The first-order valence-electron chi connectivity index (χ1n) is 11.0. The lowest BCUT2D eigenvalue weighted by atomic mass is 9.98. The summed E-state index contributed by atoms with van der Waals surface area (Å²) < 4.78 is 0. The quantitative estimate of drug-likeness (QED) is 0.431. The third kappa shape index (κ3) is 3.46. The van der Waals surface area contributed by atoms with Crippen LogP contribution in [0.3, 0.4) is 0 Å². The third-order valence-corrected chi connectivity index (χ3v) is 6.20. The zero-order chi connectivity index (χ0) is 22.2. The second-order valence-corrected chi connectivity index (χ2v) is 8.15. The van der Waals surface area contributed by atoms with Gasteiger partial charge >= 0.3 is 0 Å². The molecule has 6 heteroatoms. The van der Waals surface area contributed by atoms with Crippen LogP contribution in [0.15, 0.2) is 85.5 Å². The van der Waals surface area contributed by atoms with Crippen LogP contribution in [0.4, 0.5) is 0 Å². The van der Waals surface area contributed by atoms with E-state index in [-0.39, 0.29) is 5.91 Å². The van der Waals surface area contributed by atoms with Crippen molar-refractivity contribution in [3.05, 3.63) is 96.6 Å². The van der Waals surface area contributed by atoms with Gasteiger partial charge in [0.15, 0.2) is 0 Å². The molecule has 1 amide bonds. The van der Waals surface area contributed by atoms with E-state index in [0.29, 0.717) is 18.7 Å². The van der Waals surface area contributed by atoms with Crippen molar-refractivity contribution in [2.45, 2.75) is 6.42 Å². The van der Waals surface area contributed by atoms with E-state index in [1.807, 2.05) is 59.6 Å². The van der Waals surface area contributed by atoms with Crippen molar-refractivity contribution in [2.24, 2.45) is 0 Å². The summed E-state index contributed by atoms with van der Waals surface area (Å²) in [5.41, 5.74) is 6.43. The maximum atomic E-state index is 13.6. The molecule has 33 heavy (non-hydrogen) atoms. The molecular weight excluding hydrogens is 410 g/mol. The summed E-state index contributed by atoms with van der Waals surface area (Å²) in [5.74, 6) is 0.0228. The van der Waals surface area contributed by atoms with Gasteiger partial charge < -0.3 is 9.88 Å². The van der Waals surface area contributed by atoms with Gasteiger partial charge in [0.25, 0.3) is 5.91 Å². The van der Waals surface area contributed by atoms with Crippen molar-refractivity contribution in [3.8, 4) is 11.3 Å². The van der Waals surface area contributed by atoms with E-state index < -0.39 is 0 Å². The Kier molecular flexibility index (Phi) is 4.69. The Balaban J connectivity index is 1.34. The monoisotopic (exact) mass is 431 g/mol. The number of carbonyl (C=O) groups is 1. The van der Waals surface area contributed by atoms with Gasteiger partial charge in [0.2, 0.25) is 0 Å². The smallest absolute Gasteiger partial charge is 0.254 e. The zero-order valence-electron chi connectivity index (χ0n) is 17.9. The Morgan fingerprint density at radius 3 is 2.73 bits per heavy atom. The lowest BCUT2D eigenvalue weighted by Crippen LogP contribution is -2.34. The molecule has 160 valence electrons. The van der Waals surface area contributed by atoms with Gasteiger partial charge in [0, 0.05) is 59.8 Å². The second-order valence-electron chi connectivity index (χ2n) is 8.15. The molecular formula is C27H21N5O. The molecule has 4 aromatic heterocycles. The minimum atomic E-state index is 0.0228. The zero-order valence-corrected chi connectivity index (χ0v) is 17.9. The summed E-state index contributed by atoms with van der Waals surface area (Å²) in [6.45, 7) is 1.23. The number of aromatic amines is 1. The summed E-state index contributed by atoms with van der Waals surface area (Å²) in [4.78, 5) is 32.2.